The predicted octanol–water partition coefficient (Wildman–Crippen LogP) is 5.01. The van der Waals surface area contributed by atoms with Crippen LogP contribution in [0.5, 0.6) is 5.75 Å². The summed E-state index contributed by atoms with van der Waals surface area (Å²) in [5.41, 5.74) is 2.97. The Balaban J connectivity index is 1.69. The first-order chi connectivity index (χ1) is 16.0. The molecule has 6 heteroatoms. The summed E-state index contributed by atoms with van der Waals surface area (Å²) in [5, 5.41) is 3.58. The van der Waals surface area contributed by atoms with Crippen LogP contribution in [0.25, 0.3) is 0 Å². The predicted molar refractivity (Wildman–Crippen MR) is 131 cm³/mol. The van der Waals surface area contributed by atoms with E-state index in [1.165, 1.54) is 0 Å². The molecule has 33 heavy (non-hydrogen) atoms. The van der Waals surface area contributed by atoms with Gasteiger partial charge in [-0.25, -0.2) is 0 Å². The zero-order chi connectivity index (χ0) is 23.6. The van der Waals surface area contributed by atoms with E-state index in [-0.39, 0.29) is 11.8 Å². The summed E-state index contributed by atoms with van der Waals surface area (Å²) >= 11 is 5.93. The summed E-state index contributed by atoms with van der Waals surface area (Å²) in [6.07, 6.45) is 0.951. The van der Waals surface area contributed by atoms with E-state index in [2.05, 4.69) is 5.32 Å². The van der Waals surface area contributed by atoms with E-state index in [4.69, 9.17) is 16.3 Å². The molecule has 0 heterocycles. The van der Waals surface area contributed by atoms with Crippen LogP contribution in [0.15, 0.2) is 78.9 Å². The highest BCUT2D eigenvalue weighted by Crippen LogP contribution is 2.17. The number of hydrogen-bond donors (Lipinski definition) is 1. The zero-order valence-electron chi connectivity index (χ0n) is 19.0. The van der Waals surface area contributed by atoms with E-state index in [1.807, 2.05) is 66.7 Å². The minimum Gasteiger partial charge on any atom is -0.497 e. The van der Waals surface area contributed by atoms with Gasteiger partial charge < -0.3 is 15.0 Å². The van der Waals surface area contributed by atoms with Gasteiger partial charge in [-0.05, 0) is 54.3 Å². The first-order valence-corrected chi connectivity index (χ1v) is 11.3. The van der Waals surface area contributed by atoms with Crippen molar-refractivity contribution in [3.05, 3.63) is 101 Å². The van der Waals surface area contributed by atoms with Crippen LogP contribution in [-0.2, 0) is 29.1 Å². The van der Waals surface area contributed by atoms with Crippen molar-refractivity contribution >= 4 is 23.4 Å². The van der Waals surface area contributed by atoms with Crippen molar-refractivity contribution in [3.8, 4) is 5.75 Å². The van der Waals surface area contributed by atoms with E-state index in [0.717, 1.165) is 22.4 Å². The first kappa shape index (κ1) is 24.3. The highest BCUT2D eigenvalue weighted by Gasteiger charge is 2.25. The maximum atomic E-state index is 13.2. The van der Waals surface area contributed by atoms with E-state index < -0.39 is 6.04 Å². The van der Waals surface area contributed by atoms with Gasteiger partial charge in [0, 0.05) is 24.5 Å². The molecule has 0 fully saturated rings. The lowest BCUT2D eigenvalue weighted by Crippen LogP contribution is -2.47. The lowest BCUT2D eigenvalue weighted by atomic mass is 10.1. The molecule has 3 rings (SSSR count). The monoisotopic (exact) mass is 464 g/mol. The van der Waals surface area contributed by atoms with E-state index >= 15 is 0 Å². The van der Waals surface area contributed by atoms with Crippen molar-refractivity contribution in [1.82, 2.24) is 10.2 Å². The molecule has 0 bridgehead atoms. The fourth-order valence-corrected chi connectivity index (χ4v) is 3.61. The molecule has 0 saturated heterocycles. The fraction of sp³-hybridized carbons (Fsp3) is 0.259. The van der Waals surface area contributed by atoms with Crippen LogP contribution >= 0.6 is 11.6 Å². The average Bonchev–Trinajstić information content (AvgIpc) is 2.86. The molecule has 1 unspecified atom stereocenters. The molecule has 1 N–H and O–H groups in total. The van der Waals surface area contributed by atoms with Gasteiger partial charge in [0.1, 0.15) is 11.8 Å². The van der Waals surface area contributed by atoms with Gasteiger partial charge >= 0.3 is 0 Å². The molecular weight excluding hydrogens is 436 g/mol. The van der Waals surface area contributed by atoms with E-state index in [0.29, 0.717) is 31.0 Å². The third kappa shape index (κ3) is 7.36. The summed E-state index contributed by atoms with van der Waals surface area (Å²) in [5.74, 6) is 0.477. The van der Waals surface area contributed by atoms with Crippen molar-refractivity contribution in [1.29, 1.82) is 0 Å². The average molecular weight is 465 g/mol. The number of nitrogens with zero attached hydrogens (tertiary/aromatic N) is 1. The minimum absolute atomic E-state index is 0.0659. The second kappa shape index (κ2) is 12.1. The molecule has 172 valence electrons. The quantitative estimate of drug-likeness (QED) is 0.458. The zero-order valence-corrected chi connectivity index (χ0v) is 19.7. The number of rotatable bonds is 10. The molecule has 5 nitrogen and oxygen atoms in total. The molecule has 2 amide bonds. The molecule has 3 aromatic carbocycles. The molecule has 0 aromatic heterocycles. The number of amides is 2. The van der Waals surface area contributed by atoms with Crippen LogP contribution in [0.1, 0.15) is 30.0 Å². The number of halogens is 1. The van der Waals surface area contributed by atoms with Gasteiger partial charge in [-0.3, -0.25) is 9.59 Å². The Morgan fingerprint density at radius 2 is 1.55 bits per heavy atom. The topological polar surface area (TPSA) is 58.6 Å². The summed E-state index contributed by atoms with van der Waals surface area (Å²) in [6, 6.07) is 24.1. The second-order valence-corrected chi connectivity index (χ2v) is 8.31. The van der Waals surface area contributed by atoms with Gasteiger partial charge in [-0.1, -0.05) is 66.2 Å². The van der Waals surface area contributed by atoms with Crippen LogP contribution in [0.2, 0.25) is 5.02 Å². The molecule has 0 radical (unpaired) electrons. The van der Waals surface area contributed by atoms with Crippen molar-refractivity contribution in [3.63, 3.8) is 0 Å². The Morgan fingerprint density at radius 3 is 2.18 bits per heavy atom. The second-order valence-electron chi connectivity index (χ2n) is 7.88. The van der Waals surface area contributed by atoms with Crippen molar-refractivity contribution in [2.75, 3.05) is 7.11 Å². The Hall–Kier alpha value is -3.31. The number of carbonyl (C=O) groups is 2. The van der Waals surface area contributed by atoms with Crippen LogP contribution < -0.4 is 10.1 Å². The van der Waals surface area contributed by atoms with Crippen molar-refractivity contribution in [2.24, 2.45) is 0 Å². The summed E-state index contributed by atoms with van der Waals surface area (Å²) in [7, 11) is 1.61. The Kier molecular flexibility index (Phi) is 8.90. The van der Waals surface area contributed by atoms with Gasteiger partial charge in [0.05, 0.1) is 7.11 Å². The van der Waals surface area contributed by atoms with Crippen molar-refractivity contribution < 1.29 is 14.3 Å². The van der Waals surface area contributed by atoms with Gasteiger partial charge in [0.2, 0.25) is 11.8 Å². The maximum absolute atomic E-state index is 13.2. The Morgan fingerprint density at radius 1 is 0.909 bits per heavy atom. The standard InChI is InChI=1S/C27H29ClN2O3/c1-20(27(32)29-18-22-8-13-24(28)14-9-22)30(19-23-10-15-25(33-2)16-11-23)26(31)17-12-21-6-4-3-5-7-21/h3-11,13-16,20H,12,17-19H2,1-2H3,(H,29,32). The minimum atomic E-state index is -0.623. The SMILES string of the molecule is COc1ccc(CN(C(=O)CCc2ccccc2)C(C)C(=O)NCc2ccc(Cl)cc2)cc1. The molecule has 0 saturated carbocycles. The van der Waals surface area contributed by atoms with Gasteiger partial charge in [0.15, 0.2) is 0 Å². The van der Waals surface area contributed by atoms with E-state index in [9.17, 15) is 9.59 Å². The highest BCUT2D eigenvalue weighted by molar-refractivity contribution is 6.30. The molecular formula is C27H29ClN2O3. The Bertz CT molecular complexity index is 1040. The molecule has 0 aliphatic carbocycles. The number of carbonyl (C=O) groups excluding carboxylic acids is 2. The largest absolute Gasteiger partial charge is 0.497 e. The number of hydrogen-bond acceptors (Lipinski definition) is 3. The third-order valence-corrected chi connectivity index (χ3v) is 5.78. The summed E-state index contributed by atoms with van der Waals surface area (Å²) in [6.45, 7) is 2.48. The molecule has 3 aromatic rings. The lowest BCUT2D eigenvalue weighted by molar-refractivity contribution is -0.140. The molecule has 0 aliphatic rings. The summed E-state index contributed by atoms with van der Waals surface area (Å²) in [4.78, 5) is 27.8. The fourth-order valence-electron chi connectivity index (χ4n) is 3.49. The van der Waals surface area contributed by atoms with Crippen LogP contribution in [0.4, 0.5) is 0 Å². The Labute approximate surface area is 200 Å². The summed E-state index contributed by atoms with van der Waals surface area (Å²) < 4.78 is 5.22. The van der Waals surface area contributed by atoms with Crippen LogP contribution in [0.3, 0.4) is 0 Å². The number of nitrogens with one attached hydrogen (secondary N) is 1. The number of methoxy groups -OCH3 is 1. The van der Waals surface area contributed by atoms with Gasteiger partial charge in [-0.15, -0.1) is 0 Å². The van der Waals surface area contributed by atoms with Crippen LogP contribution in [0, 0.1) is 0 Å². The van der Waals surface area contributed by atoms with E-state index in [1.54, 1.807) is 31.1 Å². The van der Waals surface area contributed by atoms with Crippen molar-refractivity contribution in [2.45, 2.75) is 38.9 Å². The molecule has 0 aliphatic heterocycles. The number of benzene rings is 3. The first-order valence-electron chi connectivity index (χ1n) is 10.9. The maximum Gasteiger partial charge on any atom is 0.242 e. The lowest BCUT2D eigenvalue weighted by Gasteiger charge is -2.29. The molecule has 0 spiro atoms. The highest BCUT2D eigenvalue weighted by atomic mass is 35.5. The molecule has 1 atom stereocenters. The third-order valence-electron chi connectivity index (χ3n) is 5.53. The number of aryl methyl sites for hydroxylation is 1. The number of ether oxygens (including phenoxy) is 1. The normalized spacial score (nSPS) is 11.5. The van der Waals surface area contributed by atoms with Crippen LogP contribution in [-0.4, -0.2) is 29.9 Å². The van der Waals surface area contributed by atoms with Gasteiger partial charge in [-0.2, -0.15) is 0 Å². The van der Waals surface area contributed by atoms with Gasteiger partial charge in [0.25, 0.3) is 0 Å². The smallest absolute Gasteiger partial charge is 0.242 e.